The van der Waals surface area contributed by atoms with Gasteiger partial charge in [0.15, 0.2) is 5.82 Å². The molecule has 1 fully saturated rings. The van der Waals surface area contributed by atoms with E-state index in [-0.39, 0.29) is 12.7 Å². The van der Waals surface area contributed by atoms with Crippen LogP contribution in [0.25, 0.3) is 0 Å². The van der Waals surface area contributed by atoms with Crippen LogP contribution in [0, 0.1) is 5.82 Å². The Kier molecular flexibility index (Phi) is 1.65. The predicted octanol–water partition coefficient (Wildman–Crippen LogP) is 1.47. The predicted molar refractivity (Wildman–Crippen MR) is 43.4 cm³/mol. The van der Waals surface area contributed by atoms with E-state index in [1.165, 1.54) is 6.20 Å². The smallest absolute Gasteiger partial charge is 0.164 e. The number of aromatic amines is 1. The molecule has 1 saturated carbocycles. The molecular weight excluding hydrogens is 159 g/mol. The Labute approximate surface area is 71.4 Å². The molecule has 1 heterocycles. The molecule has 0 atom stereocenters. The van der Waals surface area contributed by atoms with Crippen LogP contribution in [-0.4, -0.2) is 23.9 Å². The molecule has 12 heavy (non-hydrogen) atoms. The van der Waals surface area contributed by atoms with E-state index in [1.807, 2.05) is 0 Å². The molecule has 0 saturated heterocycles. The van der Waals surface area contributed by atoms with Crippen LogP contribution in [0.2, 0.25) is 0 Å². The summed E-state index contributed by atoms with van der Waals surface area (Å²) in [5.74, 6) is -0.246. The molecule has 0 spiro atoms. The van der Waals surface area contributed by atoms with Crippen molar-refractivity contribution in [2.45, 2.75) is 18.3 Å². The van der Waals surface area contributed by atoms with Crippen LogP contribution in [-0.2, 0) is 10.2 Å². The van der Waals surface area contributed by atoms with E-state index >= 15 is 0 Å². The van der Waals surface area contributed by atoms with Gasteiger partial charge < -0.3 is 4.74 Å². The maximum atomic E-state index is 13.1. The van der Waals surface area contributed by atoms with Crippen molar-refractivity contribution in [3.63, 3.8) is 0 Å². The van der Waals surface area contributed by atoms with Gasteiger partial charge in [-0.05, 0) is 12.8 Å². The van der Waals surface area contributed by atoms with E-state index in [1.54, 1.807) is 7.11 Å². The molecule has 0 radical (unpaired) electrons. The third-order valence-electron chi connectivity index (χ3n) is 2.40. The Morgan fingerprint density at radius 2 is 2.58 bits per heavy atom. The van der Waals surface area contributed by atoms with Crippen molar-refractivity contribution in [1.29, 1.82) is 0 Å². The zero-order chi connectivity index (χ0) is 8.60. The summed E-state index contributed by atoms with van der Waals surface area (Å²) in [4.78, 5) is 0. The highest BCUT2D eigenvalue weighted by Gasteiger charge is 2.47. The minimum atomic E-state index is -0.246. The van der Waals surface area contributed by atoms with Gasteiger partial charge in [0, 0.05) is 14.0 Å². The normalized spacial score (nSPS) is 19.5. The number of hydrogen-bond acceptors (Lipinski definition) is 2. The fourth-order valence-corrected chi connectivity index (χ4v) is 1.54. The molecule has 1 aliphatic rings. The number of H-pyrrole nitrogens is 1. The summed E-state index contributed by atoms with van der Waals surface area (Å²) in [5, 5.41) is 6.34. The quantitative estimate of drug-likeness (QED) is 0.749. The summed E-state index contributed by atoms with van der Waals surface area (Å²) >= 11 is 0. The zero-order valence-electron chi connectivity index (χ0n) is 6.93. The number of nitrogens with zero attached hydrogens (tertiary/aromatic N) is 1. The maximum absolute atomic E-state index is 13.1. The molecule has 68 valence electrons. The van der Waals surface area contributed by atoms with Crippen molar-refractivity contribution in [1.82, 2.24) is 10.2 Å². The van der Waals surface area contributed by atoms with Crippen LogP contribution in [0.4, 0.5) is 4.39 Å². The van der Waals surface area contributed by atoms with Crippen molar-refractivity contribution >= 4 is 0 Å². The first-order valence-corrected chi connectivity index (χ1v) is 3.97. The average Bonchev–Trinajstić information content (AvgIpc) is 2.68. The van der Waals surface area contributed by atoms with Crippen molar-refractivity contribution < 1.29 is 10.6 Å². The van der Waals surface area contributed by atoms with Crippen molar-refractivity contribution in [3.8, 4) is 0 Å². The van der Waals surface area contributed by atoms with Crippen molar-refractivity contribution in [2.75, 3.05) is 13.7 Å². The fourth-order valence-electron chi connectivity index (χ4n) is 1.54. The fraction of sp³-hybridized carbons (Fsp3) is 0.625. The number of rotatable bonds is 3. The lowest BCUT2D eigenvalue weighted by Gasteiger charge is -2.10. The van der Waals surface area contributed by atoms with E-state index in [0.717, 1.165) is 12.8 Å². The van der Waals surface area contributed by atoms with E-state index in [0.29, 0.717) is 12.3 Å². The number of ether oxygens (including phenoxy) is 1. The number of halogens is 1. The third kappa shape index (κ3) is 1.03. The first-order chi connectivity index (χ1) is 5.78. The lowest BCUT2D eigenvalue weighted by molar-refractivity contribution is 0.168. The molecule has 0 aromatic carbocycles. The Morgan fingerprint density at radius 3 is 3.00 bits per heavy atom. The van der Waals surface area contributed by atoms with Gasteiger partial charge in [-0.1, -0.05) is 0 Å². The van der Waals surface area contributed by atoms with Gasteiger partial charge in [0.05, 0.1) is 18.5 Å². The van der Waals surface area contributed by atoms with Gasteiger partial charge >= 0.3 is 0 Å². The second kappa shape index (κ2) is 2.55. The van der Waals surface area contributed by atoms with Crippen molar-refractivity contribution in [3.05, 3.63) is 17.7 Å². The average molecular weight is 172 g/mol. The largest absolute Gasteiger partial charge is 0.384 e. The van der Waals surface area contributed by atoms with E-state index < -0.39 is 0 Å². The Balaban J connectivity index is 0.000000845. The Bertz CT molecular complexity index is 285. The summed E-state index contributed by atoms with van der Waals surface area (Å²) in [6, 6.07) is 0. The molecule has 3 nitrogen and oxygen atoms in total. The summed E-state index contributed by atoms with van der Waals surface area (Å²) in [5.41, 5.74) is 0.499. The topological polar surface area (TPSA) is 37.9 Å². The van der Waals surface area contributed by atoms with Crippen LogP contribution in [0.5, 0.6) is 0 Å². The van der Waals surface area contributed by atoms with Gasteiger partial charge in [0.2, 0.25) is 0 Å². The highest BCUT2D eigenvalue weighted by atomic mass is 19.1. The first kappa shape index (κ1) is 7.73. The van der Waals surface area contributed by atoms with Gasteiger partial charge in [0.25, 0.3) is 0 Å². The minimum absolute atomic E-state index is 0. The molecule has 1 aliphatic carbocycles. The second-order valence-electron chi connectivity index (χ2n) is 3.31. The summed E-state index contributed by atoms with van der Waals surface area (Å²) in [6.07, 6.45) is 3.19. The summed E-state index contributed by atoms with van der Waals surface area (Å²) in [6.45, 7) is 0.576. The number of nitrogens with one attached hydrogen (secondary N) is 1. The van der Waals surface area contributed by atoms with Crippen LogP contribution >= 0.6 is 0 Å². The van der Waals surface area contributed by atoms with Gasteiger partial charge in [-0.25, -0.2) is 4.39 Å². The summed E-state index contributed by atoms with van der Waals surface area (Å²) in [7, 11) is 1.63. The van der Waals surface area contributed by atoms with E-state index in [2.05, 4.69) is 10.2 Å². The number of methoxy groups -OCH3 is 1. The number of aromatic nitrogens is 2. The van der Waals surface area contributed by atoms with E-state index in [4.69, 9.17) is 4.74 Å². The Morgan fingerprint density at radius 1 is 1.83 bits per heavy atom. The van der Waals surface area contributed by atoms with E-state index in [9.17, 15) is 4.39 Å². The van der Waals surface area contributed by atoms with Gasteiger partial charge in [-0.3, -0.25) is 5.10 Å². The van der Waals surface area contributed by atoms with Gasteiger partial charge in [-0.2, -0.15) is 5.10 Å². The molecular formula is C8H13FN2O. The summed E-state index contributed by atoms with van der Waals surface area (Å²) < 4.78 is 18.1. The van der Waals surface area contributed by atoms with Gasteiger partial charge in [0.1, 0.15) is 0 Å². The molecule has 4 heteroatoms. The zero-order valence-corrected chi connectivity index (χ0v) is 6.93. The highest BCUT2D eigenvalue weighted by molar-refractivity contribution is 5.24. The Hall–Kier alpha value is -0.900. The minimum Gasteiger partial charge on any atom is -0.384 e. The van der Waals surface area contributed by atoms with Crippen LogP contribution in [0.1, 0.15) is 20.0 Å². The number of hydrogen-bond donors (Lipinski definition) is 1. The molecule has 0 amide bonds. The lowest BCUT2D eigenvalue weighted by atomic mass is 10.0. The third-order valence-corrected chi connectivity index (χ3v) is 2.40. The van der Waals surface area contributed by atoms with Crippen molar-refractivity contribution in [2.24, 2.45) is 0 Å². The molecule has 1 N–H and O–H groups in total. The standard InChI is InChI=1S/C8H11FN2O.H2/c1-12-5-8(2-3-8)7-6(9)4-10-11-7;/h4H,2-3,5H2,1H3,(H,10,11);1H. The van der Waals surface area contributed by atoms with Gasteiger partial charge in [-0.15, -0.1) is 0 Å². The second-order valence-corrected chi connectivity index (χ2v) is 3.31. The maximum Gasteiger partial charge on any atom is 0.164 e. The highest BCUT2D eigenvalue weighted by Crippen LogP contribution is 2.48. The molecule has 0 unspecified atom stereocenters. The van der Waals surface area contributed by atoms with Crippen LogP contribution < -0.4 is 0 Å². The SMILES string of the molecule is COCC1(c2[nH]ncc2F)CC1.[HH]. The monoisotopic (exact) mass is 172 g/mol. The first-order valence-electron chi connectivity index (χ1n) is 3.97. The molecule has 2 rings (SSSR count). The molecule has 1 aromatic rings. The molecule has 0 aliphatic heterocycles. The van der Waals surface area contributed by atoms with Crippen LogP contribution in [0.3, 0.4) is 0 Å². The van der Waals surface area contributed by atoms with Crippen LogP contribution in [0.15, 0.2) is 6.20 Å². The molecule has 0 bridgehead atoms. The lowest BCUT2D eigenvalue weighted by Crippen LogP contribution is -2.15. The molecule has 1 aromatic heterocycles.